The molecule has 0 heterocycles. The van der Waals surface area contributed by atoms with E-state index < -0.39 is 10.0 Å². The Balaban J connectivity index is 1.56. The van der Waals surface area contributed by atoms with Crippen molar-refractivity contribution in [3.63, 3.8) is 0 Å². The first-order valence-corrected chi connectivity index (χ1v) is 13.0. The van der Waals surface area contributed by atoms with Crippen molar-refractivity contribution in [1.29, 1.82) is 0 Å². The van der Waals surface area contributed by atoms with Gasteiger partial charge in [0.1, 0.15) is 12.3 Å². The summed E-state index contributed by atoms with van der Waals surface area (Å²) < 4.78 is 33.2. The van der Waals surface area contributed by atoms with Crippen molar-refractivity contribution in [2.75, 3.05) is 18.0 Å². The topological polar surface area (TPSA) is 75.7 Å². The molecule has 6 nitrogen and oxygen atoms in total. The lowest BCUT2D eigenvalue weighted by molar-refractivity contribution is -0.120. The Labute approximate surface area is 201 Å². The molecule has 0 aromatic heterocycles. The van der Waals surface area contributed by atoms with E-state index in [-0.39, 0.29) is 23.4 Å². The first-order valence-electron chi connectivity index (χ1n) is 11.5. The van der Waals surface area contributed by atoms with Gasteiger partial charge in [0, 0.05) is 0 Å². The van der Waals surface area contributed by atoms with E-state index in [0.717, 1.165) is 22.7 Å². The molecule has 0 unspecified atom stereocenters. The van der Waals surface area contributed by atoms with E-state index in [0.29, 0.717) is 11.4 Å². The van der Waals surface area contributed by atoms with Gasteiger partial charge in [-0.3, -0.25) is 9.10 Å². The Kier molecular flexibility index (Phi) is 7.22. The van der Waals surface area contributed by atoms with E-state index in [9.17, 15) is 13.2 Å². The molecule has 1 aliphatic carbocycles. The number of ether oxygens (including phenoxy) is 1. The van der Waals surface area contributed by atoms with Crippen LogP contribution in [0.3, 0.4) is 0 Å². The normalized spacial score (nSPS) is 14.1. The Morgan fingerprint density at radius 1 is 0.971 bits per heavy atom. The van der Waals surface area contributed by atoms with Crippen LogP contribution in [0.5, 0.6) is 5.75 Å². The number of aryl methyl sites for hydroxylation is 2. The first-order chi connectivity index (χ1) is 16.4. The summed E-state index contributed by atoms with van der Waals surface area (Å²) in [5, 5.41) is 2.98. The van der Waals surface area contributed by atoms with Gasteiger partial charge >= 0.3 is 0 Å². The Hall–Kier alpha value is -3.32. The maximum absolute atomic E-state index is 13.5. The zero-order chi connectivity index (χ0) is 24.1. The van der Waals surface area contributed by atoms with Gasteiger partial charge in [-0.05, 0) is 85.7 Å². The number of nitrogens with zero attached hydrogens (tertiary/aromatic N) is 1. The number of rotatable bonds is 8. The largest absolute Gasteiger partial charge is 0.497 e. The van der Waals surface area contributed by atoms with Gasteiger partial charge in [-0.15, -0.1) is 0 Å². The lowest BCUT2D eigenvalue weighted by Crippen LogP contribution is -2.41. The predicted molar refractivity (Wildman–Crippen MR) is 134 cm³/mol. The molecule has 3 aromatic carbocycles. The smallest absolute Gasteiger partial charge is 0.264 e. The van der Waals surface area contributed by atoms with Crippen molar-refractivity contribution in [2.24, 2.45) is 0 Å². The fourth-order valence-electron chi connectivity index (χ4n) is 4.31. The van der Waals surface area contributed by atoms with Gasteiger partial charge < -0.3 is 10.1 Å². The minimum absolute atomic E-state index is 0.126. The highest BCUT2D eigenvalue weighted by Gasteiger charge is 2.27. The zero-order valence-electron chi connectivity index (χ0n) is 19.5. The molecule has 1 N–H and O–H groups in total. The Morgan fingerprint density at radius 3 is 2.32 bits per heavy atom. The maximum Gasteiger partial charge on any atom is 0.264 e. The van der Waals surface area contributed by atoms with E-state index >= 15 is 0 Å². The molecule has 0 fully saturated rings. The quantitative estimate of drug-likeness (QED) is 0.512. The van der Waals surface area contributed by atoms with Crippen LogP contribution in [0.4, 0.5) is 5.69 Å². The maximum atomic E-state index is 13.5. The number of anilines is 1. The average Bonchev–Trinajstić information content (AvgIpc) is 2.87. The second-order valence-corrected chi connectivity index (χ2v) is 10.4. The summed E-state index contributed by atoms with van der Waals surface area (Å²) in [6, 6.07) is 20.9. The van der Waals surface area contributed by atoms with Crippen LogP contribution in [0.1, 0.15) is 42.5 Å². The van der Waals surface area contributed by atoms with Crippen molar-refractivity contribution in [2.45, 2.75) is 43.5 Å². The Morgan fingerprint density at radius 2 is 1.65 bits per heavy atom. The van der Waals surface area contributed by atoms with Gasteiger partial charge in [-0.25, -0.2) is 8.42 Å². The number of hydrogen-bond acceptors (Lipinski definition) is 4. The number of carbonyl (C=O) groups excluding carboxylic acids is 1. The van der Waals surface area contributed by atoms with Crippen LogP contribution < -0.4 is 14.4 Å². The predicted octanol–water partition coefficient (Wildman–Crippen LogP) is 4.65. The van der Waals surface area contributed by atoms with E-state index in [2.05, 4.69) is 23.5 Å². The van der Waals surface area contributed by atoms with Gasteiger partial charge in [0.2, 0.25) is 5.91 Å². The minimum atomic E-state index is -3.95. The summed E-state index contributed by atoms with van der Waals surface area (Å²) in [5.41, 5.74) is 4.14. The van der Waals surface area contributed by atoms with Crippen molar-refractivity contribution in [3.8, 4) is 5.75 Å². The molecule has 4 rings (SSSR count). The first kappa shape index (κ1) is 23.8. The third-order valence-electron chi connectivity index (χ3n) is 6.23. The highest BCUT2D eigenvalue weighted by Crippen LogP contribution is 2.27. The van der Waals surface area contributed by atoms with Crippen LogP contribution >= 0.6 is 0 Å². The monoisotopic (exact) mass is 478 g/mol. The number of fused-ring (bicyclic) bond motifs is 1. The molecule has 1 aliphatic rings. The minimum Gasteiger partial charge on any atom is -0.497 e. The van der Waals surface area contributed by atoms with Crippen LogP contribution in [0.15, 0.2) is 77.7 Å². The van der Waals surface area contributed by atoms with E-state index in [4.69, 9.17) is 4.74 Å². The molecule has 0 radical (unpaired) electrons. The van der Waals surface area contributed by atoms with Gasteiger partial charge in [0.15, 0.2) is 0 Å². The van der Waals surface area contributed by atoms with Crippen LogP contribution in [0.2, 0.25) is 0 Å². The average molecular weight is 479 g/mol. The lowest BCUT2D eigenvalue weighted by atomic mass is 9.89. The molecule has 0 spiro atoms. The van der Waals surface area contributed by atoms with Crippen molar-refractivity contribution < 1.29 is 17.9 Å². The summed E-state index contributed by atoms with van der Waals surface area (Å²) in [5.74, 6) is 0.229. The second kappa shape index (κ2) is 10.3. The summed E-state index contributed by atoms with van der Waals surface area (Å²) in [6.07, 6.45) is 4.57. The third-order valence-corrected chi connectivity index (χ3v) is 8.02. The highest BCUT2D eigenvalue weighted by atomic mass is 32.2. The number of nitrogens with one attached hydrogen (secondary N) is 1. The highest BCUT2D eigenvalue weighted by molar-refractivity contribution is 7.92. The van der Waals surface area contributed by atoms with E-state index in [1.54, 1.807) is 49.6 Å². The van der Waals surface area contributed by atoms with Crippen LogP contribution in [-0.2, 0) is 27.7 Å². The number of hydrogen-bond donors (Lipinski definition) is 1. The zero-order valence-corrected chi connectivity index (χ0v) is 20.3. The number of benzene rings is 3. The molecule has 178 valence electrons. The number of sulfonamides is 1. The van der Waals surface area contributed by atoms with Gasteiger partial charge in [-0.2, -0.15) is 0 Å². The molecule has 1 amide bonds. The molecular formula is C27H30N2O4S. The summed E-state index contributed by atoms with van der Waals surface area (Å²) in [7, 11) is -2.40. The molecule has 1 atom stereocenters. The van der Waals surface area contributed by atoms with Gasteiger partial charge in [0.05, 0.1) is 23.7 Å². The lowest BCUT2D eigenvalue weighted by Gasteiger charge is -2.25. The van der Waals surface area contributed by atoms with E-state index in [1.807, 2.05) is 6.92 Å². The van der Waals surface area contributed by atoms with Crippen molar-refractivity contribution in [1.82, 2.24) is 5.32 Å². The van der Waals surface area contributed by atoms with Crippen LogP contribution in [0.25, 0.3) is 0 Å². The summed E-state index contributed by atoms with van der Waals surface area (Å²) in [6.45, 7) is 1.59. The van der Waals surface area contributed by atoms with Crippen molar-refractivity contribution in [3.05, 3.63) is 89.5 Å². The summed E-state index contributed by atoms with van der Waals surface area (Å²) in [4.78, 5) is 13.2. The molecule has 0 aliphatic heterocycles. The van der Waals surface area contributed by atoms with Gasteiger partial charge in [-0.1, -0.05) is 36.4 Å². The Bertz CT molecular complexity index is 1240. The fourth-order valence-corrected chi connectivity index (χ4v) is 5.75. The number of amides is 1. The van der Waals surface area contributed by atoms with E-state index in [1.165, 1.54) is 36.1 Å². The van der Waals surface area contributed by atoms with Crippen LogP contribution in [0, 0.1) is 0 Å². The molecule has 3 aromatic rings. The second-order valence-electron chi connectivity index (χ2n) is 8.55. The van der Waals surface area contributed by atoms with Crippen LogP contribution in [-0.4, -0.2) is 28.0 Å². The standard InChI is InChI=1S/C27H30N2O4S/c1-20(22-13-12-21-8-6-7-9-23(21)18-22)28-27(30)19-29(24-14-16-25(33-2)17-15-24)34(31,32)26-10-4-3-5-11-26/h3-5,10-18,20H,6-9,19H2,1-2H3,(H,28,30)/t20-/m0/s1. The number of carbonyl (C=O) groups is 1. The SMILES string of the molecule is COc1ccc(N(CC(=O)N[C@@H](C)c2ccc3c(c2)CCCC3)S(=O)(=O)c2ccccc2)cc1. The van der Waals surface area contributed by atoms with Gasteiger partial charge in [0.25, 0.3) is 10.0 Å². The van der Waals surface area contributed by atoms with Crippen molar-refractivity contribution >= 4 is 21.6 Å². The molecule has 0 saturated carbocycles. The molecule has 34 heavy (non-hydrogen) atoms. The molecular weight excluding hydrogens is 448 g/mol. The fraction of sp³-hybridized carbons (Fsp3) is 0.296. The molecule has 0 saturated heterocycles. The molecule has 0 bridgehead atoms. The summed E-state index contributed by atoms with van der Waals surface area (Å²) >= 11 is 0. The third kappa shape index (κ3) is 5.25. The molecule has 7 heteroatoms. The number of methoxy groups -OCH3 is 1.